The van der Waals surface area contributed by atoms with E-state index in [-0.39, 0.29) is 11.8 Å². The second-order valence-corrected chi connectivity index (χ2v) is 3.55. The van der Waals surface area contributed by atoms with Crippen molar-refractivity contribution in [1.82, 2.24) is 10.2 Å². The zero-order chi connectivity index (χ0) is 11.8. The van der Waals surface area contributed by atoms with E-state index < -0.39 is 6.04 Å². The molecule has 0 aromatic heterocycles. The molecule has 0 aliphatic carbocycles. The maximum atomic E-state index is 11.8. The van der Waals surface area contributed by atoms with Gasteiger partial charge in [-0.1, -0.05) is 6.92 Å². The van der Waals surface area contributed by atoms with Crippen LogP contribution in [-0.2, 0) is 9.59 Å². The minimum absolute atomic E-state index is 0.00977. The summed E-state index contributed by atoms with van der Waals surface area (Å²) in [7, 11) is 0. The number of carbonyl (C=O) groups is 2. The van der Waals surface area contributed by atoms with E-state index in [9.17, 15) is 9.59 Å². The summed E-state index contributed by atoms with van der Waals surface area (Å²) in [4.78, 5) is 24.8. The molecule has 0 saturated carbocycles. The molecule has 0 spiro atoms. The fourth-order valence-corrected chi connectivity index (χ4v) is 1.41. The van der Waals surface area contributed by atoms with E-state index in [2.05, 4.69) is 5.32 Å². The summed E-state index contributed by atoms with van der Waals surface area (Å²) in [6, 6.07) is -0.413. The smallest absolute Gasteiger partial charge is 0.244 e. The third-order valence-electron chi connectivity index (χ3n) is 2.30. The van der Waals surface area contributed by atoms with E-state index in [0.29, 0.717) is 19.5 Å². The summed E-state index contributed by atoms with van der Waals surface area (Å²) < 4.78 is 0. The topological polar surface area (TPSA) is 49.4 Å². The van der Waals surface area contributed by atoms with Gasteiger partial charge in [-0.3, -0.25) is 9.59 Å². The normalized spacial score (nSPS) is 12.0. The van der Waals surface area contributed by atoms with Crippen LogP contribution in [0.3, 0.4) is 0 Å². The number of carbonyl (C=O) groups excluding carboxylic acids is 2. The van der Waals surface area contributed by atoms with Crippen molar-refractivity contribution in [3.63, 3.8) is 0 Å². The van der Waals surface area contributed by atoms with Crippen LogP contribution in [0.5, 0.6) is 0 Å². The van der Waals surface area contributed by atoms with Crippen molar-refractivity contribution >= 4 is 11.8 Å². The third-order valence-corrected chi connectivity index (χ3v) is 2.30. The van der Waals surface area contributed by atoms with Crippen LogP contribution in [0.4, 0.5) is 0 Å². The lowest BCUT2D eigenvalue weighted by molar-refractivity contribution is -0.135. The predicted octanol–water partition coefficient (Wildman–Crippen LogP) is 1.16. The Kier molecular flexibility index (Phi) is 6.75. The van der Waals surface area contributed by atoms with Crippen LogP contribution in [0, 0.1) is 0 Å². The van der Waals surface area contributed by atoms with Gasteiger partial charge in [-0.2, -0.15) is 0 Å². The molecule has 0 saturated heterocycles. The van der Waals surface area contributed by atoms with Gasteiger partial charge in [0.25, 0.3) is 0 Å². The van der Waals surface area contributed by atoms with Crippen molar-refractivity contribution in [2.75, 3.05) is 13.1 Å². The first-order valence-corrected chi connectivity index (χ1v) is 5.64. The summed E-state index contributed by atoms with van der Waals surface area (Å²) in [6.07, 6.45) is 1.29. The van der Waals surface area contributed by atoms with Gasteiger partial charge in [0.05, 0.1) is 0 Å². The molecule has 1 N–H and O–H groups in total. The van der Waals surface area contributed by atoms with Gasteiger partial charge in [0.15, 0.2) is 0 Å². The average molecular weight is 214 g/mol. The van der Waals surface area contributed by atoms with Crippen molar-refractivity contribution in [3.05, 3.63) is 0 Å². The lowest BCUT2D eigenvalue weighted by Gasteiger charge is -2.23. The number of hydrogen-bond acceptors (Lipinski definition) is 2. The second kappa shape index (κ2) is 7.26. The van der Waals surface area contributed by atoms with Crippen molar-refractivity contribution in [3.8, 4) is 0 Å². The zero-order valence-corrected chi connectivity index (χ0v) is 10.2. The largest absolute Gasteiger partial charge is 0.345 e. The van der Waals surface area contributed by atoms with Crippen molar-refractivity contribution in [2.45, 2.75) is 46.6 Å². The van der Waals surface area contributed by atoms with Crippen LogP contribution in [0.2, 0.25) is 0 Å². The zero-order valence-electron chi connectivity index (χ0n) is 10.2. The third kappa shape index (κ3) is 4.81. The van der Waals surface area contributed by atoms with Crippen molar-refractivity contribution < 1.29 is 9.59 Å². The highest BCUT2D eigenvalue weighted by Gasteiger charge is 2.19. The molecule has 4 heteroatoms. The molecule has 15 heavy (non-hydrogen) atoms. The number of likely N-dealkylation sites (N-methyl/N-ethyl adjacent to an activating group) is 1. The fraction of sp³-hybridized carbons (Fsp3) is 0.818. The molecule has 0 aliphatic rings. The van der Waals surface area contributed by atoms with E-state index >= 15 is 0 Å². The molecule has 0 fully saturated rings. The maximum Gasteiger partial charge on any atom is 0.244 e. The summed E-state index contributed by atoms with van der Waals surface area (Å²) >= 11 is 0. The Morgan fingerprint density at radius 1 is 1.20 bits per heavy atom. The Morgan fingerprint density at radius 3 is 2.13 bits per heavy atom. The first-order valence-electron chi connectivity index (χ1n) is 5.64. The highest BCUT2D eigenvalue weighted by molar-refractivity contribution is 5.87. The first kappa shape index (κ1) is 13.9. The van der Waals surface area contributed by atoms with Gasteiger partial charge >= 0.3 is 0 Å². The summed E-state index contributed by atoms with van der Waals surface area (Å²) in [5, 5.41) is 2.70. The van der Waals surface area contributed by atoms with Gasteiger partial charge in [0, 0.05) is 19.5 Å². The molecule has 0 aliphatic heterocycles. The van der Waals surface area contributed by atoms with Gasteiger partial charge in [0.1, 0.15) is 6.04 Å². The highest BCUT2D eigenvalue weighted by Crippen LogP contribution is 1.96. The second-order valence-electron chi connectivity index (χ2n) is 3.55. The van der Waals surface area contributed by atoms with E-state index in [0.717, 1.165) is 6.42 Å². The Labute approximate surface area is 92.0 Å². The van der Waals surface area contributed by atoms with E-state index in [4.69, 9.17) is 0 Å². The van der Waals surface area contributed by atoms with E-state index in [1.807, 2.05) is 20.8 Å². The molecule has 1 atom stereocenters. The van der Waals surface area contributed by atoms with Gasteiger partial charge in [0.2, 0.25) is 11.8 Å². The fourth-order valence-electron chi connectivity index (χ4n) is 1.41. The minimum atomic E-state index is -0.413. The Balaban J connectivity index is 4.13. The summed E-state index contributed by atoms with van der Waals surface area (Å²) in [6.45, 7) is 8.90. The number of nitrogens with one attached hydrogen (secondary N) is 1. The van der Waals surface area contributed by atoms with Crippen LogP contribution in [0.1, 0.15) is 40.5 Å². The van der Waals surface area contributed by atoms with Crippen LogP contribution in [-0.4, -0.2) is 35.8 Å². The molecule has 0 aromatic carbocycles. The van der Waals surface area contributed by atoms with Gasteiger partial charge in [-0.15, -0.1) is 0 Å². The molecular formula is C11H22N2O2. The SMILES string of the molecule is CCCC(=O)NC(C)C(=O)N(CC)CC. The Morgan fingerprint density at radius 2 is 1.73 bits per heavy atom. The van der Waals surface area contributed by atoms with Gasteiger partial charge in [-0.05, 0) is 27.2 Å². The maximum absolute atomic E-state index is 11.8. The van der Waals surface area contributed by atoms with Crippen LogP contribution < -0.4 is 5.32 Å². The lowest BCUT2D eigenvalue weighted by Crippen LogP contribution is -2.46. The van der Waals surface area contributed by atoms with E-state index in [1.54, 1.807) is 11.8 Å². The van der Waals surface area contributed by atoms with Gasteiger partial charge in [-0.25, -0.2) is 0 Å². The molecular weight excluding hydrogens is 192 g/mol. The quantitative estimate of drug-likeness (QED) is 0.721. The Bertz CT molecular complexity index is 213. The van der Waals surface area contributed by atoms with Crippen LogP contribution >= 0.6 is 0 Å². The van der Waals surface area contributed by atoms with Crippen LogP contribution in [0.15, 0.2) is 0 Å². The summed E-state index contributed by atoms with van der Waals surface area (Å²) in [5.74, 6) is -0.0602. The molecule has 0 heterocycles. The summed E-state index contributed by atoms with van der Waals surface area (Å²) in [5.41, 5.74) is 0. The number of nitrogens with zero attached hydrogens (tertiary/aromatic N) is 1. The molecule has 88 valence electrons. The molecule has 2 amide bonds. The van der Waals surface area contributed by atoms with Crippen molar-refractivity contribution in [2.24, 2.45) is 0 Å². The van der Waals surface area contributed by atoms with Gasteiger partial charge < -0.3 is 10.2 Å². The average Bonchev–Trinajstić information content (AvgIpc) is 2.19. The standard InChI is InChI=1S/C11H22N2O2/c1-5-8-10(14)12-9(4)11(15)13(6-2)7-3/h9H,5-8H2,1-4H3,(H,12,14). The van der Waals surface area contributed by atoms with Crippen LogP contribution in [0.25, 0.3) is 0 Å². The molecule has 0 rings (SSSR count). The first-order chi connectivity index (χ1) is 7.06. The Hall–Kier alpha value is -1.06. The monoisotopic (exact) mass is 214 g/mol. The van der Waals surface area contributed by atoms with E-state index in [1.165, 1.54) is 0 Å². The number of hydrogen-bond donors (Lipinski definition) is 1. The molecule has 4 nitrogen and oxygen atoms in total. The minimum Gasteiger partial charge on any atom is -0.345 e. The lowest BCUT2D eigenvalue weighted by atomic mass is 10.2. The number of rotatable bonds is 6. The molecule has 1 unspecified atom stereocenters. The van der Waals surface area contributed by atoms with Crippen molar-refractivity contribution in [1.29, 1.82) is 0 Å². The molecule has 0 radical (unpaired) electrons. The molecule has 0 aromatic rings. The number of amides is 2. The predicted molar refractivity (Wildman–Crippen MR) is 60.4 cm³/mol. The highest BCUT2D eigenvalue weighted by atomic mass is 16.2. The molecule has 0 bridgehead atoms.